The zero-order valence-corrected chi connectivity index (χ0v) is 32.7. The van der Waals surface area contributed by atoms with E-state index in [0.717, 1.165) is 23.9 Å². The molecule has 0 atom stereocenters. The van der Waals surface area contributed by atoms with E-state index in [1.165, 1.54) is 74.4 Å². The van der Waals surface area contributed by atoms with E-state index >= 15 is 0 Å². The third kappa shape index (κ3) is 6.39. The first-order chi connectivity index (χ1) is 24.0. The monoisotopic (exact) mass is 683 g/mol. The van der Waals surface area contributed by atoms with Crippen LogP contribution in [0.3, 0.4) is 0 Å². The van der Waals surface area contributed by atoms with E-state index in [0.29, 0.717) is 0 Å². The van der Waals surface area contributed by atoms with Gasteiger partial charge in [0.1, 0.15) is 0 Å². The zero-order chi connectivity index (χ0) is 36.5. The summed E-state index contributed by atoms with van der Waals surface area (Å²) >= 11 is 0. The molecule has 7 rings (SSSR count). The molecule has 2 aliphatic rings. The van der Waals surface area contributed by atoms with Gasteiger partial charge >= 0.3 is 14.2 Å². The van der Waals surface area contributed by atoms with E-state index in [1.807, 2.05) is 0 Å². The van der Waals surface area contributed by atoms with Crippen molar-refractivity contribution in [3.63, 3.8) is 0 Å². The van der Waals surface area contributed by atoms with Gasteiger partial charge in [0.15, 0.2) is 0 Å². The van der Waals surface area contributed by atoms with E-state index in [2.05, 4.69) is 154 Å². The highest BCUT2D eigenvalue weighted by atomic mass is 16.7. The molecule has 0 saturated carbocycles. The topological polar surface area (TPSA) is 41.9 Å². The molecule has 2 saturated heterocycles. The van der Waals surface area contributed by atoms with Gasteiger partial charge in [0.05, 0.1) is 22.4 Å². The minimum absolute atomic E-state index is 0.365. The SMILES string of the molecule is CCCCCCn1c2cc(-c3ccc(B4OC(C)(C)C(C)(C)O4)cc3C)ccc2c2ccc(-c3ccc(B4OC(C)(C)C(C)(C)O4)cc3C)cc21. The van der Waals surface area contributed by atoms with Crippen molar-refractivity contribution in [2.45, 2.75) is 131 Å². The van der Waals surface area contributed by atoms with Gasteiger partial charge in [-0.3, -0.25) is 0 Å². The molecule has 5 aromatic rings. The van der Waals surface area contributed by atoms with Crippen LogP contribution in [-0.4, -0.2) is 41.2 Å². The van der Waals surface area contributed by atoms with Crippen LogP contribution < -0.4 is 10.9 Å². The maximum Gasteiger partial charge on any atom is 0.494 e. The molecule has 0 bridgehead atoms. The number of aryl methyl sites for hydroxylation is 3. The zero-order valence-electron chi connectivity index (χ0n) is 32.7. The van der Waals surface area contributed by atoms with E-state index in [-0.39, 0.29) is 36.6 Å². The van der Waals surface area contributed by atoms with Crippen LogP contribution in [0, 0.1) is 13.8 Å². The molecule has 0 aliphatic carbocycles. The van der Waals surface area contributed by atoms with Crippen LogP contribution in [0.1, 0.15) is 99.1 Å². The van der Waals surface area contributed by atoms with Crippen LogP contribution in [0.15, 0.2) is 72.8 Å². The Hall–Kier alpha value is -3.35. The Morgan fingerprint density at radius 1 is 0.510 bits per heavy atom. The van der Waals surface area contributed by atoms with Gasteiger partial charge in [-0.25, -0.2) is 0 Å². The van der Waals surface area contributed by atoms with Gasteiger partial charge in [-0.15, -0.1) is 0 Å². The highest BCUT2D eigenvalue weighted by molar-refractivity contribution is 6.62. The summed E-state index contributed by atoms with van der Waals surface area (Å²) in [5.74, 6) is 0. The first kappa shape index (κ1) is 36.0. The highest BCUT2D eigenvalue weighted by Gasteiger charge is 2.52. The second-order valence-corrected chi connectivity index (χ2v) is 17.0. The second kappa shape index (κ2) is 12.9. The Morgan fingerprint density at radius 3 is 1.29 bits per heavy atom. The molecule has 0 unspecified atom stereocenters. The summed E-state index contributed by atoms with van der Waals surface area (Å²) < 4.78 is 28.0. The second-order valence-electron chi connectivity index (χ2n) is 17.0. The number of hydrogen-bond donors (Lipinski definition) is 0. The summed E-state index contributed by atoms with van der Waals surface area (Å²) in [5, 5.41) is 2.60. The summed E-state index contributed by atoms with van der Waals surface area (Å²) in [4.78, 5) is 0. The minimum atomic E-state index is -0.367. The van der Waals surface area contributed by atoms with Crippen molar-refractivity contribution in [1.82, 2.24) is 4.57 Å². The maximum atomic E-state index is 6.37. The lowest BCUT2D eigenvalue weighted by atomic mass is 9.77. The lowest BCUT2D eigenvalue weighted by Crippen LogP contribution is -2.41. The van der Waals surface area contributed by atoms with E-state index in [4.69, 9.17) is 18.6 Å². The fraction of sp³-hybridized carbons (Fsp3) is 0.455. The van der Waals surface area contributed by atoms with Crippen molar-refractivity contribution in [2.24, 2.45) is 0 Å². The molecule has 266 valence electrons. The van der Waals surface area contributed by atoms with Crippen molar-refractivity contribution >= 4 is 47.0 Å². The van der Waals surface area contributed by atoms with Gasteiger partial charge in [-0.2, -0.15) is 0 Å². The molecule has 1 aromatic heterocycles. The van der Waals surface area contributed by atoms with Gasteiger partial charge in [0.2, 0.25) is 0 Å². The standard InChI is InChI=1S/C44H55B2NO4/c1-12-13-14-15-24-47-39-27-31(35-22-18-33(25-29(35)2)45-48-41(4,5)42(6,7)49-45)16-20-37(39)38-21-17-32(28-40(38)47)36-23-19-34(26-30(36)3)46-50-43(8,9)44(10,11)51-46/h16-23,25-28H,12-15,24H2,1-11H3. The van der Waals surface area contributed by atoms with Crippen molar-refractivity contribution in [2.75, 3.05) is 0 Å². The van der Waals surface area contributed by atoms with Crippen LogP contribution >= 0.6 is 0 Å². The molecule has 0 radical (unpaired) electrons. The average molecular weight is 684 g/mol. The van der Waals surface area contributed by atoms with Crippen LogP contribution in [0.25, 0.3) is 44.1 Å². The summed E-state index contributed by atoms with van der Waals surface area (Å²) in [6, 6.07) is 27.3. The molecule has 0 amide bonds. The smallest absolute Gasteiger partial charge is 0.399 e. The summed E-state index contributed by atoms with van der Waals surface area (Å²) in [5.41, 5.74) is 10.6. The largest absolute Gasteiger partial charge is 0.494 e. The molecule has 4 aromatic carbocycles. The first-order valence-corrected chi connectivity index (χ1v) is 19.0. The van der Waals surface area contributed by atoms with Crippen molar-refractivity contribution in [3.8, 4) is 22.3 Å². The lowest BCUT2D eigenvalue weighted by molar-refractivity contribution is 0.00578. The Balaban J connectivity index is 1.25. The molecule has 2 aliphatic heterocycles. The average Bonchev–Trinajstić information content (AvgIpc) is 3.58. The number of benzene rings is 4. The molecule has 0 N–H and O–H groups in total. The number of nitrogens with zero attached hydrogens (tertiary/aromatic N) is 1. The number of unbranched alkanes of at least 4 members (excludes halogenated alkanes) is 3. The summed E-state index contributed by atoms with van der Waals surface area (Å²) in [7, 11) is -0.734. The fourth-order valence-corrected chi connectivity index (χ4v) is 7.64. The quantitative estimate of drug-likeness (QED) is 0.115. The third-order valence-corrected chi connectivity index (χ3v) is 12.3. The minimum Gasteiger partial charge on any atom is -0.399 e. The maximum absolute atomic E-state index is 6.37. The number of hydrogen-bond acceptors (Lipinski definition) is 4. The fourth-order valence-electron chi connectivity index (χ4n) is 7.64. The lowest BCUT2D eigenvalue weighted by Gasteiger charge is -2.32. The molecule has 3 heterocycles. The van der Waals surface area contributed by atoms with Crippen LogP contribution in [0.4, 0.5) is 0 Å². The number of fused-ring (bicyclic) bond motifs is 3. The van der Waals surface area contributed by atoms with Gasteiger partial charge in [0, 0.05) is 28.4 Å². The van der Waals surface area contributed by atoms with Gasteiger partial charge in [-0.1, -0.05) is 86.8 Å². The highest BCUT2D eigenvalue weighted by Crippen LogP contribution is 2.40. The number of aromatic nitrogens is 1. The predicted octanol–water partition coefficient (Wildman–Crippen LogP) is 9.92. The predicted molar refractivity (Wildman–Crippen MR) is 215 cm³/mol. The first-order valence-electron chi connectivity index (χ1n) is 19.0. The molecule has 0 spiro atoms. The Kier molecular flexibility index (Phi) is 9.15. The Morgan fingerprint density at radius 2 is 0.922 bits per heavy atom. The molecule has 51 heavy (non-hydrogen) atoms. The molecule has 2 fully saturated rings. The Labute approximate surface area is 306 Å². The van der Waals surface area contributed by atoms with Crippen molar-refractivity contribution in [3.05, 3.63) is 83.9 Å². The molecule has 5 nitrogen and oxygen atoms in total. The Bertz CT molecular complexity index is 1940. The summed E-state index contributed by atoms with van der Waals surface area (Å²) in [6.45, 7) is 24.5. The number of rotatable bonds is 9. The van der Waals surface area contributed by atoms with Gasteiger partial charge < -0.3 is 23.2 Å². The van der Waals surface area contributed by atoms with E-state index in [1.54, 1.807) is 0 Å². The van der Waals surface area contributed by atoms with Crippen molar-refractivity contribution in [1.29, 1.82) is 0 Å². The normalized spacial score (nSPS) is 19.1. The van der Waals surface area contributed by atoms with E-state index in [9.17, 15) is 0 Å². The van der Waals surface area contributed by atoms with Crippen LogP contribution in [0.2, 0.25) is 0 Å². The third-order valence-electron chi connectivity index (χ3n) is 12.3. The molecular weight excluding hydrogens is 628 g/mol. The van der Waals surface area contributed by atoms with E-state index < -0.39 is 0 Å². The van der Waals surface area contributed by atoms with Gasteiger partial charge in [0.25, 0.3) is 0 Å². The summed E-state index contributed by atoms with van der Waals surface area (Å²) in [6.07, 6.45) is 4.88. The molecule has 7 heteroatoms. The van der Waals surface area contributed by atoms with Crippen LogP contribution in [-0.2, 0) is 25.2 Å². The van der Waals surface area contributed by atoms with Crippen molar-refractivity contribution < 1.29 is 18.6 Å². The van der Waals surface area contributed by atoms with Crippen LogP contribution in [0.5, 0.6) is 0 Å². The van der Waals surface area contributed by atoms with Gasteiger partial charge in [-0.05, 0) is 132 Å². The molecular formula is C44H55B2NO4.